The van der Waals surface area contributed by atoms with Crippen LogP contribution in [0.1, 0.15) is 26.3 Å². The highest BCUT2D eigenvalue weighted by atomic mass is 35.5. The summed E-state index contributed by atoms with van der Waals surface area (Å²) in [5.41, 5.74) is 1.02. The van der Waals surface area contributed by atoms with Crippen LogP contribution in [0.3, 0.4) is 0 Å². The number of aliphatic hydroxyl groups is 1. The standard InChI is InChI=1S/C15H24ClNO3/c1-5-20-15-13(16)6-12(7-14(15)19-4)8-17-11(3)10(2)9-18/h6-7,10-11,17-18H,5,8-9H2,1-4H3. The monoisotopic (exact) mass is 301 g/mol. The van der Waals surface area contributed by atoms with Crippen LogP contribution in [0.5, 0.6) is 11.5 Å². The van der Waals surface area contributed by atoms with E-state index >= 15 is 0 Å². The number of benzene rings is 1. The molecule has 1 aromatic carbocycles. The highest BCUT2D eigenvalue weighted by Crippen LogP contribution is 2.36. The summed E-state index contributed by atoms with van der Waals surface area (Å²) in [5, 5.41) is 13.0. The summed E-state index contributed by atoms with van der Waals surface area (Å²) >= 11 is 6.22. The minimum Gasteiger partial charge on any atom is -0.493 e. The van der Waals surface area contributed by atoms with Crippen LogP contribution in [-0.2, 0) is 6.54 Å². The fourth-order valence-corrected chi connectivity index (χ4v) is 2.09. The molecular formula is C15H24ClNO3. The van der Waals surface area contributed by atoms with E-state index in [1.54, 1.807) is 7.11 Å². The lowest BCUT2D eigenvalue weighted by atomic mass is 10.0. The van der Waals surface area contributed by atoms with E-state index in [1.165, 1.54) is 0 Å². The number of hydrogen-bond donors (Lipinski definition) is 2. The fraction of sp³-hybridized carbons (Fsp3) is 0.600. The van der Waals surface area contributed by atoms with Gasteiger partial charge in [-0.25, -0.2) is 0 Å². The van der Waals surface area contributed by atoms with E-state index in [9.17, 15) is 0 Å². The maximum Gasteiger partial charge on any atom is 0.179 e. The lowest BCUT2D eigenvalue weighted by Crippen LogP contribution is -2.33. The first-order valence-electron chi connectivity index (χ1n) is 6.86. The molecule has 1 rings (SSSR count). The second-order valence-electron chi connectivity index (χ2n) is 4.87. The second-order valence-corrected chi connectivity index (χ2v) is 5.28. The average Bonchev–Trinajstić information content (AvgIpc) is 2.46. The van der Waals surface area contributed by atoms with Crippen LogP contribution in [0.15, 0.2) is 12.1 Å². The maximum absolute atomic E-state index is 9.13. The van der Waals surface area contributed by atoms with Crippen molar-refractivity contribution >= 4 is 11.6 Å². The van der Waals surface area contributed by atoms with Gasteiger partial charge < -0.3 is 19.9 Å². The molecule has 2 unspecified atom stereocenters. The predicted molar refractivity (Wildman–Crippen MR) is 81.7 cm³/mol. The van der Waals surface area contributed by atoms with Crippen molar-refractivity contribution in [3.05, 3.63) is 22.7 Å². The molecule has 2 N–H and O–H groups in total. The molecule has 2 atom stereocenters. The lowest BCUT2D eigenvalue weighted by molar-refractivity contribution is 0.207. The van der Waals surface area contributed by atoms with Gasteiger partial charge in [0.1, 0.15) is 0 Å². The molecule has 114 valence electrons. The SMILES string of the molecule is CCOc1c(Cl)cc(CNC(C)C(C)CO)cc1OC. The Bertz CT molecular complexity index is 426. The molecule has 0 aromatic heterocycles. The zero-order chi connectivity index (χ0) is 15.1. The maximum atomic E-state index is 9.13. The van der Waals surface area contributed by atoms with E-state index in [1.807, 2.05) is 32.9 Å². The molecule has 20 heavy (non-hydrogen) atoms. The van der Waals surface area contributed by atoms with Gasteiger partial charge in [0, 0.05) is 19.2 Å². The van der Waals surface area contributed by atoms with E-state index in [0.29, 0.717) is 29.7 Å². The molecule has 0 aliphatic heterocycles. The number of ether oxygens (including phenoxy) is 2. The van der Waals surface area contributed by atoms with E-state index in [0.717, 1.165) is 5.56 Å². The van der Waals surface area contributed by atoms with Gasteiger partial charge in [-0.05, 0) is 37.5 Å². The van der Waals surface area contributed by atoms with Gasteiger partial charge in [0.15, 0.2) is 11.5 Å². The molecule has 4 nitrogen and oxygen atoms in total. The van der Waals surface area contributed by atoms with Gasteiger partial charge in [-0.2, -0.15) is 0 Å². The fourth-order valence-electron chi connectivity index (χ4n) is 1.80. The van der Waals surface area contributed by atoms with Crippen LogP contribution in [0.2, 0.25) is 5.02 Å². The van der Waals surface area contributed by atoms with Crippen LogP contribution in [-0.4, -0.2) is 31.5 Å². The Balaban J connectivity index is 2.79. The van der Waals surface area contributed by atoms with Gasteiger partial charge in [0.2, 0.25) is 0 Å². The van der Waals surface area contributed by atoms with Crippen molar-refractivity contribution < 1.29 is 14.6 Å². The molecule has 0 aliphatic carbocycles. The first-order chi connectivity index (χ1) is 9.53. The van der Waals surface area contributed by atoms with Crippen molar-refractivity contribution in [2.45, 2.75) is 33.4 Å². The minimum atomic E-state index is 0.168. The molecule has 0 aliphatic rings. The van der Waals surface area contributed by atoms with Crippen molar-refractivity contribution in [3.8, 4) is 11.5 Å². The van der Waals surface area contributed by atoms with E-state index in [-0.39, 0.29) is 18.6 Å². The average molecular weight is 302 g/mol. The molecule has 0 spiro atoms. The van der Waals surface area contributed by atoms with Crippen molar-refractivity contribution in [1.82, 2.24) is 5.32 Å². The zero-order valence-corrected chi connectivity index (χ0v) is 13.3. The van der Waals surface area contributed by atoms with Crippen molar-refractivity contribution in [2.75, 3.05) is 20.3 Å². The Morgan fingerprint density at radius 1 is 1.35 bits per heavy atom. The summed E-state index contributed by atoms with van der Waals surface area (Å²) in [4.78, 5) is 0. The summed E-state index contributed by atoms with van der Waals surface area (Å²) in [6.07, 6.45) is 0. The molecule has 1 aromatic rings. The zero-order valence-electron chi connectivity index (χ0n) is 12.6. The van der Waals surface area contributed by atoms with E-state index < -0.39 is 0 Å². The third-order valence-electron chi connectivity index (χ3n) is 3.35. The number of halogens is 1. The topological polar surface area (TPSA) is 50.7 Å². The van der Waals surface area contributed by atoms with Crippen LogP contribution in [0, 0.1) is 5.92 Å². The van der Waals surface area contributed by atoms with Crippen molar-refractivity contribution in [2.24, 2.45) is 5.92 Å². The van der Waals surface area contributed by atoms with Gasteiger partial charge in [0.05, 0.1) is 18.7 Å². The Morgan fingerprint density at radius 3 is 2.60 bits per heavy atom. The largest absolute Gasteiger partial charge is 0.493 e. The van der Waals surface area contributed by atoms with Crippen molar-refractivity contribution in [3.63, 3.8) is 0 Å². The predicted octanol–water partition coefficient (Wildman–Crippen LogP) is 2.85. The third kappa shape index (κ3) is 4.54. The molecule has 5 heteroatoms. The first-order valence-corrected chi connectivity index (χ1v) is 7.24. The highest BCUT2D eigenvalue weighted by Gasteiger charge is 2.14. The summed E-state index contributed by atoms with van der Waals surface area (Å²) in [6, 6.07) is 4.01. The smallest absolute Gasteiger partial charge is 0.179 e. The summed E-state index contributed by atoms with van der Waals surface area (Å²) < 4.78 is 10.8. The van der Waals surface area contributed by atoms with Crippen LogP contribution in [0.25, 0.3) is 0 Å². The minimum absolute atomic E-state index is 0.168. The number of nitrogens with one attached hydrogen (secondary N) is 1. The summed E-state index contributed by atoms with van der Waals surface area (Å²) in [7, 11) is 1.60. The quantitative estimate of drug-likeness (QED) is 0.775. The molecule has 0 saturated heterocycles. The lowest BCUT2D eigenvalue weighted by Gasteiger charge is -2.20. The van der Waals surface area contributed by atoms with Gasteiger partial charge in [-0.1, -0.05) is 18.5 Å². The number of aliphatic hydroxyl groups excluding tert-OH is 1. The number of hydrogen-bond acceptors (Lipinski definition) is 4. The van der Waals surface area contributed by atoms with Gasteiger partial charge in [-0.3, -0.25) is 0 Å². The van der Waals surface area contributed by atoms with Crippen LogP contribution < -0.4 is 14.8 Å². The number of methoxy groups -OCH3 is 1. The van der Waals surface area contributed by atoms with E-state index in [2.05, 4.69) is 5.32 Å². The molecule has 0 amide bonds. The second kappa shape index (κ2) is 8.35. The summed E-state index contributed by atoms with van der Waals surface area (Å²) in [5.74, 6) is 1.42. The van der Waals surface area contributed by atoms with Gasteiger partial charge in [-0.15, -0.1) is 0 Å². The highest BCUT2D eigenvalue weighted by molar-refractivity contribution is 6.32. The molecule has 0 fully saturated rings. The molecule has 0 heterocycles. The molecular weight excluding hydrogens is 278 g/mol. The third-order valence-corrected chi connectivity index (χ3v) is 3.63. The van der Waals surface area contributed by atoms with E-state index in [4.69, 9.17) is 26.2 Å². The Morgan fingerprint density at radius 2 is 2.05 bits per heavy atom. The molecule has 0 saturated carbocycles. The van der Waals surface area contributed by atoms with Crippen molar-refractivity contribution in [1.29, 1.82) is 0 Å². The Labute approximate surface area is 126 Å². The molecule has 0 radical (unpaired) electrons. The summed E-state index contributed by atoms with van der Waals surface area (Å²) in [6.45, 7) is 7.33. The first kappa shape index (κ1) is 17.1. The number of rotatable bonds is 8. The Kier molecular flexibility index (Phi) is 7.13. The van der Waals surface area contributed by atoms with Crippen LogP contribution in [0.4, 0.5) is 0 Å². The van der Waals surface area contributed by atoms with Gasteiger partial charge >= 0.3 is 0 Å². The van der Waals surface area contributed by atoms with Crippen LogP contribution >= 0.6 is 11.6 Å². The van der Waals surface area contributed by atoms with Gasteiger partial charge in [0.25, 0.3) is 0 Å². The molecule has 0 bridgehead atoms. The normalized spacial score (nSPS) is 13.9. The Hall–Kier alpha value is -0.970.